The van der Waals surface area contributed by atoms with Crippen LogP contribution in [0, 0.1) is 6.92 Å². The highest BCUT2D eigenvalue weighted by atomic mass is 79.9. The standard InChI is InChI=1S/C16H23BrN4O2S/c1-11-14(17)9-13(24-11)10-19-21-15(22)6-4-2-3-5-12-7-8-18-16(23)20-12/h9-10,12H,2-8H2,1H3,(H,21,22)(H2,18,20,23)/b19-10+. The summed E-state index contributed by atoms with van der Waals surface area (Å²) < 4.78 is 1.06. The van der Waals surface area contributed by atoms with Gasteiger partial charge in [0.25, 0.3) is 0 Å². The van der Waals surface area contributed by atoms with Crippen molar-refractivity contribution in [3.8, 4) is 0 Å². The van der Waals surface area contributed by atoms with Gasteiger partial charge in [0.15, 0.2) is 0 Å². The maximum atomic E-state index is 11.7. The third-order valence-corrected chi connectivity index (χ3v) is 5.90. The zero-order valence-corrected chi connectivity index (χ0v) is 16.1. The SMILES string of the molecule is Cc1sc(/C=N/NC(=O)CCCCCC2CCNC(=O)N2)cc1Br. The number of halogens is 1. The van der Waals surface area contributed by atoms with Crippen LogP contribution in [-0.2, 0) is 4.79 Å². The molecule has 0 saturated carbocycles. The molecule has 1 aromatic rings. The quantitative estimate of drug-likeness (QED) is 0.346. The molecule has 24 heavy (non-hydrogen) atoms. The van der Waals surface area contributed by atoms with Gasteiger partial charge in [0, 0.05) is 33.2 Å². The first-order chi connectivity index (χ1) is 11.5. The average Bonchev–Trinajstić information content (AvgIpc) is 2.85. The third kappa shape index (κ3) is 6.60. The Morgan fingerprint density at radius 2 is 2.33 bits per heavy atom. The van der Waals surface area contributed by atoms with E-state index in [0.717, 1.165) is 48.0 Å². The number of thiophene rings is 1. The summed E-state index contributed by atoms with van der Waals surface area (Å²) in [6.45, 7) is 2.77. The van der Waals surface area contributed by atoms with Gasteiger partial charge in [-0.25, -0.2) is 10.2 Å². The van der Waals surface area contributed by atoms with Crippen LogP contribution in [0.25, 0.3) is 0 Å². The van der Waals surface area contributed by atoms with Crippen LogP contribution < -0.4 is 16.1 Å². The van der Waals surface area contributed by atoms with Gasteiger partial charge in [-0.05, 0) is 48.2 Å². The zero-order valence-electron chi connectivity index (χ0n) is 13.7. The molecule has 0 radical (unpaired) electrons. The van der Waals surface area contributed by atoms with Crippen molar-refractivity contribution in [1.82, 2.24) is 16.1 Å². The highest BCUT2D eigenvalue weighted by Crippen LogP contribution is 2.24. The Morgan fingerprint density at radius 1 is 1.50 bits per heavy atom. The Labute approximate surface area is 154 Å². The molecule has 1 unspecified atom stereocenters. The largest absolute Gasteiger partial charge is 0.338 e. The van der Waals surface area contributed by atoms with E-state index in [4.69, 9.17) is 0 Å². The van der Waals surface area contributed by atoms with Crippen molar-refractivity contribution >= 4 is 45.4 Å². The maximum Gasteiger partial charge on any atom is 0.315 e. The number of aryl methyl sites for hydroxylation is 1. The Hall–Kier alpha value is -1.41. The fraction of sp³-hybridized carbons (Fsp3) is 0.562. The van der Waals surface area contributed by atoms with Gasteiger partial charge in [-0.1, -0.05) is 12.8 Å². The average molecular weight is 415 g/mol. The van der Waals surface area contributed by atoms with E-state index in [0.29, 0.717) is 6.42 Å². The number of urea groups is 1. The number of carbonyl (C=O) groups excluding carboxylic acids is 2. The number of unbranched alkanes of at least 4 members (excludes halogenated alkanes) is 2. The molecule has 6 nitrogen and oxygen atoms in total. The van der Waals surface area contributed by atoms with E-state index in [1.54, 1.807) is 17.6 Å². The van der Waals surface area contributed by atoms with Gasteiger partial charge in [0.2, 0.25) is 5.91 Å². The molecule has 3 N–H and O–H groups in total. The van der Waals surface area contributed by atoms with Crippen LogP contribution >= 0.6 is 27.3 Å². The summed E-state index contributed by atoms with van der Waals surface area (Å²) in [4.78, 5) is 25.1. The molecule has 3 amide bonds. The minimum absolute atomic E-state index is 0.0613. The summed E-state index contributed by atoms with van der Waals surface area (Å²) in [5, 5.41) is 9.65. The smallest absolute Gasteiger partial charge is 0.315 e. The van der Waals surface area contributed by atoms with Gasteiger partial charge < -0.3 is 10.6 Å². The minimum Gasteiger partial charge on any atom is -0.338 e. The monoisotopic (exact) mass is 414 g/mol. The van der Waals surface area contributed by atoms with Crippen LogP contribution in [-0.4, -0.2) is 30.7 Å². The minimum atomic E-state index is -0.0727. The van der Waals surface area contributed by atoms with Gasteiger partial charge in [0.05, 0.1) is 6.21 Å². The normalized spacial score (nSPS) is 17.6. The van der Waals surface area contributed by atoms with Crippen molar-refractivity contribution < 1.29 is 9.59 Å². The Morgan fingerprint density at radius 3 is 3.04 bits per heavy atom. The first-order valence-electron chi connectivity index (χ1n) is 8.17. The fourth-order valence-electron chi connectivity index (χ4n) is 2.51. The molecule has 1 aliphatic rings. The molecule has 8 heteroatoms. The molecule has 0 spiro atoms. The van der Waals surface area contributed by atoms with E-state index in [2.05, 4.69) is 37.1 Å². The molecule has 1 atom stereocenters. The molecule has 1 aliphatic heterocycles. The Kier molecular flexibility index (Phi) is 7.71. The molecule has 2 rings (SSSR count). The van der Waals surface area contributed by atoms with E-state index in [1.807, 2.05) is 13.0 Å². The van der Waals surface area contributed by atoms with Crippen molar-refractivity contribution in [2.45, 2.75) is 51.5 Å². The Balaban J connectivity index is 1.54. The molecule has 2 heterocycles. The van der Waals surface area contributed by atoms with E-state index in [-0.39, 0.29) is 18.0 Å². The number of nitrogens with one attached hydrogen (secondary N) is 3. The lowest BCUT2D eigenvalue weighted by Gasteiger charge is -2.24. The number of nitrogens with zero attached hydrogens (tertiary/aromatic N) is 1. The van der Waals surface area contributed by atoms with Gasteiger partial charge in [-0.2, -0.15) is 5.10 Å². The second kappa shape index (κ2) is 9.78. The van der Waals surface area contributed by atoms with Gasteiger partial charge in [0.1, 0.15) is 0 Å². The molecular formula is C16H23BrN4O2S. The molecule has 1 aromatic heterocycles. The molecule has 132 valence electrons. The highest BCUT2D eigenvalue weighted by Gasteiger charge is 2.16. The summed E-state index contributed by atoms with van der Waals surface area (Å²) in [6, 6.07) is 2.18. The predicted molar refractivity (Wildman–Crippen MR) is 101 cm³/mol. The molecule has 0 aromatic carbocycles. The molecule has 0 bridgehead atoms. The van der Waals surface area contributed by atoms with Crippen LogP contribution in [0.2, 0.25) is 0 Å². The van der Waals surface area contributed by atoms with Gasteiger partial charge >= 0.3 is 6.03 Å². The van der Waals surface area contributed by atoms with Gasteiger partial charge in [-0.15, -0.1) is 11.3 Å². The second-order valence-corrected chi connectivity index (χ2v) is 7.97. The lowest BCUT2D eigenvalue weighted by molar-refractivity contribution is -0.121. The van der Waals surface area contributed by atoms with E-state index < -0.39 is 0 Å². The zero-order chi connectivity index (χ0) is 17.4. The predicted octanol–water partition coefficient (Wildman–Crippen LogP) is 3.29. The summed E-state index contributed by atoms with van der Waals surface area (Å²) in [5.41, 5.74) is 2.56. The lowest BCUT2D eigenvalue weighted by Crippen LogP contribution is -2.49. The summed E-state index contributed by atoms with van der Waals surface area (Å²) >= 11 is 5.07. The number of amides is 3. The lowest BCUT2D eigenvalue weighted by atomic mass is 10.0. The molecular weight excluding hydrogens is 392 g/mol. The van der Waals surface area contributed by atoms with Crippen molar-refractivity contribution in [2.75, 3.05) is 6.54 Å². The summed E-state index contributed by atoms with van der Waals surface area (Å²) in [5.74, 6) is -0.0613. The number of hydrogen-bond acceptors (Lipinski definition) is 4. The van der Waals surface area contributed by atoms with E-state index >= 15 is 0 Å². The van der Waals surface area contributed by atoms with Crippen molar-refractivity contribution in [3.05, 3.63) is 20.3 Å². The summed E-state index contributed by atoms with van der Waals surface area (Å²) in [7, 11) is 0. The number of carbonyl (C=O) groups is 2. The first kappa shape index (κ1) is 18.9. The first-order valence-corrected chi connectivity index (χ1v) is 9.78. The van der Waals surface area contributed by atoms with E-state index in [9.17, 15) is 9.59 Å². The van der Waals surface area contributed by atoms with Crippen LogP contribution in [0.5, 0.6) is 0 Å². The van der Waals surface area contributed by atoms with Crippen LogP contribution in [0.3, 0.4) is 0 Å². The molecule has 1 saturated heterocycles. The van der Waals surface area contributed by atoms with Crippen LogP contribution in [0.1, 0.15) is 48.3 Å². The van der Waals surface area contributed by atoms with Crippen LogP contribution in [0.15, 0.2) is 15.6 Å². The van der Waals surface area contributed by atoms with E-state index in [1.165, 1.54) is 4.88 Å². The number of hydrazone groups is 1. The van der Waals surface area contributed by atoms with Crippen LogP contribution in [0.4, 0.5) is 4.79 Å². The fourth-order valence-corrected chi connectivity index (χ4v) is 3.94. The Bertz CT molecular complexity index is 583. The van der Waals surface area contributed by atoms with Gasteiger partial charge in [-0.3, -0.25) is 4.79 Å². The molecule has 1 fully saturated rings. The number of hydrogen-bond donors (Lipinski definition) is 3. The van der Waals surface area contributed by atoms with Crippen molar-refractivity contribution in [3.63, 3.8) is 0 Å². The van der Waals surface area contributed by atoms with Crippen molar-refractivity contribution in [2.24, 2.45) is 5.10 Å². The molecule has 0 aliphatic carbocycles. The topological polar surface area (TPSA) is 82.6 Å². The maximum absolute atomic E-state index is 11.7. The summed E-state index contributed by atoms with van der Waals surface area (Å²) in [6.07, 6.45) is 6.92. The third-order valence-electron chi connectivity index (χ3n) is 3.83. The van der Waals surface area contributed by atoms with Crippen molar-refractivity contribution in [1.29, 1.82) is 0 Å². The second-order valence-electron chi connectivity index (χ2n) is 5.83. The number of rotatable bonds is 8. The highest BCUT2D eigenvalue weighted by molar-refractivity contribution is 9.10.